The number of Topliss-reactive ketones (excluding diaryl/α,β-unsaturated/α-hetero) is 2. The lowest BCUT2D eigenvalue weighted by Crippen LogP contribution is -2.65. The van der Waals surface area contributed by atoms with Gasteiger partial charge < -0.3 is 26.2 Å². The Morgan fingerprint density at radius 3 is 2.37 bits per heavy atom. The maximum Gasteiger partial charge on any atom is 0.401 e. The number of likely N-dealkylation sites (N-methyl/N-ethyl adjacent to an activating group) is 1. The van der Waals surface area contributed by atoms with Gasteiger partial charge in [0.15, 0.2) is 11.4 Å². The maximum absolute atomic E-state index is 15.8. The minimum atomic E-state index is -4.55. The molecule has 0 radical (unpaired) electrons. The van der Waals surface area contributed by atoms with Crippen molar-refractivity contribution in [1.29, 1.82) is 0 Å². The van der Waals surface area contributed by atoms with Gasteiger partial charge in [0, 0.05) is 29.2 Å². The standard InChI is InChI=1S/C27H31F4N3O7/c1-4-5-34(10-26(29,30)31)9-12-8-15(35)17-13(19(12)28)6-11-7-14-20(33(2)3)22(37)18(25(32)40)24(39)27(14,41)23(38)16(11)21(17)36/h8,11,14,20,35-36,39,41H,4-7,9-10H2,1-3H3,(H2,32,40)/t11-,14-,20-,27-/m0/s1. The third-order valence-electron chi connectivity index (χ3n) is 8.07. The molecule has 1 saturated carbocycles. The van der Waals surface area contributed by atoms with Gasteiger partial charge in [-0.15, -0.1) is 0 Å². The highest BCUT2D eigenvalue weighted by Gasteiger charge is 2.64. The van der Waals surface area contributed by atoms with E-state index in [0.29, 0.717) is 6.42 Å². The molecule has 1 fully saturated rings. The van der Waals surface area contributed by atoms with E-state index in [1.807, 2.05) is 0 Å². The van der Waals surface area contributed by atoms with Crippen LogP contribution in [-0.2, 0) is 27.3 Å². The fraction of sp³-hybridized carbons (Fsp3) is 0.519. The van der Waals surface area contributed by atoms with E-state index in [0.717, 1.165) is 11.0 Å². The normalized spacial score (nSPS) is 26.4. The SMILES string of the molecule is CCCN(Cc1cc(O)c2c(c1F)C[C@H]1C[C@H]3[C@H](N(C)C)C(=O)C(C(N)=O)=C(O)[C@@]3(O)C(=O)C1=C2O)CC(F)(F)F. The molecule has 14 heteroatoms. The lowest BCUT2D eigenvalue weighted by Gasteiger charge is -2.50. The van der Waals surface area contributed by atoms with Crippen molar-refractivity contribution in [2.75, 3.05) is 27.2 Å². The molecule has 0 heterocycles. The summed E-state index contributed by atoms with van der Waals surface area (Å²) in [6, 6.07) is -0.430. The molecule has 0 aromatic heterocycles. The largest absolute Gasteiger partial charge is 0.508 e. The number of phenolic OH excluding ortho intramolecular Hbond substituents is 1. The molecule has 0 aliphatic heterocycles. The highest BCUT2D eigenvalue weighted by molar-refractivity contribution is 6.24. The quantitative estimate of drug-likeness (QED) is 0.237. The topological polar surface area (TPSA) is 165 Å². The molecule has 0 unspecified atom stereocenters. The van der Waals surface area contributed by atoms with Crippen LogP contribution in [0.1, 0.15) is 36.5 Å². The van der Waals surface area contributed by atoms with Gasteiger partial charge >= 0.3 is 6.18 Å². The van der Waals surface area contributed by atoms with Gasteiger partial charge in [-0.3, -0.25) is 24.2 Å². The van der Waals surface area contributed by atoms with Gasteiger partial charge in [-0.05, 0) is 51.9 Å². The molecular weight excluding hydrogens is 554 g/mol. The number of carbonyl (C=O) groups excluding carboxylic acids is 3. The number of carbonyl (C=O) groups is 3. The minimum absolute atomic E-state index is 0.00621. The summed E-state index contributed by atoms with van der Waals surface area (Å²) in [6.07, 6.45) is -4.76. The molecule has 3 aliphatic rings. The van der Waals surface area contributed by atoms with Gasteiger partial charge in [0.2, 0.25) is 5.78 Å². The van der Waals surface area contributed by atoms with Crippen LogP contribution < -0.4 is 5.73 Å². The first-order valence-corrected chi connectivity index (χ1v) is 12.9. The smallest absolute Gasteiger partial charge is 0.401 e. The number of primary amides is 1. The number of amides is 1. The minimum Gasteiger partial charge on any atom is -0.508 e. The van der Waals surface area contributed by atoms with Crippen molar-refractivity contribution >= 4 is 23.2 Å². The summed E-state index contributed by atoms with van der Waals surface area (Å²) >= 11 is 0. The summed E-state index contributed by atoms with van der Waals surface area (Å²) in [4.78, 5) is 41.2. The number of hydrogen-bond acceptors (Lipinski definition) is 9. The Labute approximate surface area is 232 Å². The second-order valence-electron chi connectivity index (χ2n) is 11.0. The third-order valence-corrected chi connectivity index (χ3v) is 8.07. The van der Waals surface area contributed by atoms with Crippen LogP contribution in [-0.4, -0.2) is 92.7 Å². The Balaban J connectivity index is 1.85. The molecule has 10 nitrogen and oxygen atoms in total. The summed E-state index contributed by atoms with van der Waals surface area (Å²) in [5, 5.41) is 44.3. The number of halogens is 4. The third kappa shape index (κ3) is 4.87. The number of ketones is 2. The Hall–Kier alpha value is -3.49. The number of rotatable bonds is 7. The lowest BCUT2D eigenvalue weighted by atomic mass is 9.57. The molecule has 1 aromatic carbocycles. The van der Waals surface area contributed by atoms with E-state index >= 15 is 4.39 Å². The first-order chi connectivity index (χ1) is 18.9. The number of nitrogens with two attached hydrogens (primary N) is 1. The maximum atomic E-state index is 15.8. The van der Waals surface area contributed by atoms with Crippen molar-refractivity contribution in [2.45, 2.75) is 50.6 Å². The summed E-state index contributed by atoms with van der Waals surface area (Å²) in [6.45, 7) is -0.149. The average Bonchev–Trinajstić information content (AvgIpc) is 2.83. The van der Waals surface area contributed by atoms with Gasteiger partial charge in [-0.1, -0.05) is 6.92 Å². The predicted octanol–water partition coefficient (Wildman–Crippen LogP) is 1.88. The van der Waals surface area contributed by atoms with Crippen molar-refractivity contribution < 1.29 is 52.4 Å². The zero-order valence-electron chi connectivity index (χ0n) is 22.5. The molecule has 4 rings (SSSR count). The van der Waals surface area contributed by atoms with Crippen LogP contribution in [0.4, 0.5) is 17.6 Å². The van der Waals surface area contributed by atoms with Gasteiger partial charge in [-0.2, -0.15) is 13.2 Å². The summed E-state index contributed by atoms with van der Waals surface area (Å²) < 4.78 is 55.1. The number of fused-ring (bicyclic) bond motifs is 3. The van der Waals surface area contributed by atoms with E-state index in [2.05, 4.69) is 0 Å². The Morgan fingerprint density at radius 2 is 1.83 bits per heavy atom. The number of aliphatic hydroxyl groups is 3. The number of phenols is 1. The van der Waals surface area contributed by atoms with Crippen molar-refractivity contribution in [3.8, 4) is 5.75 Å². The van der Waals surface area contributed by atoms with E-state index in [9.17, 15) is 48.0 Å². The number of alkyl halides is 3. The first kappa shape index (κ1) is 30.5. The molecule has 6 N–H and O–H groups in total. The Morgan fingerprint density at radius 1 is 1.20 bits per heavy atom. The number of aliphatic hydroxyl groups excluding tert-OH is 2. The molecule has 0 bridgehead atoms. The summed E-state index contributed by atoms with van der Waals surface area (Å²) in [5.41, 5.74) is 0.0640. The Bertz CT molecular complexity index is 1390. The zero-order valence-corrected chi connectivity index (χ0v) is 22.5. The number of nitrogens with zero attached hydrogens (tertiary/aromatic N) is 2. The predicted molar refractivity (Wildman–Crippen MR) is 136 cm³/mol. The van der Waals surface area contributed by atoms with Crippen LogP contribution in [0.5, 0.6) is 5.75 Å². The summed E-state index contributed by atoms with van der Waals surface area (Å²) in [7, 11) is 2.89. The summed E-state index contributed by atoms with van der Waals surface area (Å²) in [5.74, 6) is -9.70. The van der Waals surface area contributed by atoms with Crippen LogP contribution in [0.25, 0.3) is 5.76 Å². The average molecular weight is 586 g/mol. The fourth-order valence-corrected chi connectivity index (χ4v) is 6.49. The van der Waals surface area contributed by atoms with Crippen LogP contribution in [0.3, 0.4) is 0 Å². The van der Waals surface area contributed by atoms with Gasteiger partial charge in [0.1, 0.15) is 28.7 Å². The zero-order chi connectivity index (χ0) is 30.8. The fourth-order valence-electron chi connectivity index (χ4n) is 6.49. The molecule has 3 aliphatic carbocycles. The van der Waals surface area contributed by atoms with Crippen molar-refractivity contribution in [3.63, 3.8) is 0 Å². The van der Waals surface area contributed by atoms with E-state index in [4.69, 9.17) is 5.73 Å². The molecule has 4 atom stereocenters. The van der Waals surface area contributed by atoms with Gasteiger partial charge in [0.05, 0.1) is 18.2 Å². The van der Waals surface area contributed by atoms with Crippen molar-refractivity contribution in [1.82, 2.24) is 9.80 Å². The molecule has 1 amide bonds. The van der Waals surface area contributed by atoms with Crippen LogP contribution in [0, 0.1) is 17.7 Å². The highest BCUT2D eigenvalue weighted by atomic mass is 19.4. The highest BCUT2D eigenvalue weighted by Crippen LogP contribution is 2.53. The molecule has 0 saturated heterocycles. The van der Waals surface area contributed by atoms with E-state index in [1.165, 1.54) is 19.0 Å². The second kappa shape index (κ2) is 10.4. The molecule has 224 valence electrons. The van der Waals surface area contributed by atoms with Crippen molar-refractivity contribution in [2.24, 2.45) is 17.6 Å². The Kier molecular flexibility index (Phi) is 7.73. The van der Waals surface area contributed by atoms with Crippen LogP contribution >= 0.6 is 0 Å². The van der Waals surface area contributed by atoms with E-state index in [1.54, 1.807) is 6.92 Å². The van der Waals surface area contributed by atoms with Gasteiger partial charge in [0.25, 0.3) is 5.91 Å². The van der Waals surface area contributed by atoms with E-state index in [-0.39, 0.29) is 30.5 Å². The molecular formula is C27H31F4N3O7. The van der Waals surface area contributed by atoms with Crippen LogP contribution in [0.15, 0.2) is 23.0 Å². The van der Waals surface area contributed by atoms with Crippen molar-refractivity contribution in [3.05, 3.63) is 45.5 Å². The molecule has 41 heavy (non-hydrogen) atoms. The lowest BCUT2D eigenvalue weighted by molar-refractivity contribution is -0.153. The van der Waals surface area contributed by atoms with E-state index < -0.39 is 100 Å². The van der Waals surface area contributed by atoms with Gasteiger partial charge in [-0.25, -0.2) is 4.39 Å². The number of benzene rings is 1. The molecule has 1 aromatic rings. The number of aromatic hydroxyl groups is 1. The first-order valence-electron chi connectivity index (χ1n) is 12.9. The van der Waals surface area contributed by atoms with Crippen LogP contribution in [0.2, 0.25) is 0 Å². The molecule has 0 spiro atoms. The number of hydrogen-bond donors (Lipinski definition) is 5. The monoisotopic (exact) mass is 585 g/mol. The second-order valence-corrected chi connectivity index (χ2v) is 11.0.